The summed E-state index contributed by atoms with van der Waals surface area (Å²) in [5.74, 6) is -0.609. The molecule has 2 aromatic rings. The van der Waals surface area contributed by atoms with E-state index in [0.29, 0.717) is 17.5 Å². The van der Waals surface area contributed by atoms with E-state index >= 15 is 0 Å². The van der Waals surface area contributed by atoms with Crippen molar-refractivity contribution in [1.82, 2.24) is 0 Å². The Morgan fingerprint density at radius 2 is 1.71 bits per heavy atom. The molecule has 7 nitrogen and oxygen atoms in total. The second kappa shape index (κ2) is 18.4. The van der Waals surface area contributed by atoms with Crippen LogP contribution in [0.15, 0.2) is 66.3 Å². The number of hydrogen-bond donors (Lipinski definition) is 2. The summed E-state index contributed by atoms with van der Waals surface area (Å²) in [6.07, 6.45) is 11.2. The van der Waals surface area contributed by atoms with Gasteiger partial charge in [0.25, 0.3) is 0 Å². The topological polar surface area (TPSA) is 102 Å². The zero-order valence-corrected chi connectivity index (χ0v) is 28.5. The Bertz CT molecular complexity index is 1320. The average molecular weight is 641 g/mol. The lowest BCUT2D eigenvalue weighted by molar-refractivity contribution is -0.143. The van der Waals surface area contributed by atoms with Crippen molar-refractivity contribution in [3.05, 3.63) is 83.0 Å². The number of hydrogen-bond acceptors (Lipinski definition) is 6. The van der Waals surface area contributed by atoms with Gasteiger partial charge in [-0.25, -0.2) is 9.36 Å². The molecule has 45 heavy (non-hydrogen) atoms. The van der Waals surface area contributed by atoms with Gasteiger partial charge in [-0.3, -0.25) is 9.05 Å². The highest BCUT2D eigenvalue weighted by Gasteiger charge is 2.35. The van der Waals surface area contributed by atoms with Crippen LogP contribution in [0.2, 0.25) is 0 Å². The standard InChI is InChI=1S/C37H53O7P/c1-6-8-10-11-16-20-34(44-45(40,41)42-26-29-17-14-12-15-18-29)37(39)43-35-25-30(19-13-9-7-2)24-33(38)36(35)32-23-28(5)21-22-31(32)27(3)4/h12,14-15,17-18,23-25,31-32,34,38H,3,6-11,13,16,19-22,26H2,1-2,4-5H3,(H,40,41)/t31-,32+,34?/m0/s1. The van der Waals surface area contributed by atoms with Gasteiger partial charge in [-0.2, -0.15) is 0 Å². The first-order chi connectivity index (χ1) is 21.5. The zero-order chi connectivity index (χ0) is 32.8. The van der Waals surface area contributed by atoms with Gasteiger partial charge in [0.1, 0.15) is 11.5 Å². The van der Waals surface area contributed by atoms with E-state index in [9.17, 15) is 19.4 Å². The molecule has 0 fully saturated rings. The molecule has 0 saturated heterocycles. The Morgan fingerprint density at radius 1 is 1.02 bits per heavy atom. The Hall–Kier alpha value is -2.70. The predicted molar refractivity (Wildman–Crippen MR) is 180 cm³/mol. The van der Waals surface area contributed by atoms with Crippen molar-refractivity contribution in [1.29, 1.82) is 0 Å². The van der Waals surface area contributed by atoms with Crippen molar-refractivity contribution in [3.8, 4) is 11.5 Å². The van der Waals surface area contributed by atoms with Crippen molar-refractivity contribution in [2.75, 3.05) is 0 Å². The molecule has 0 aromatic heterocycles. The lowest BCUT2D eigenvalue weighted by atomic mass is 9.73. The fourth-order valence-electron chi connectivity index (χ4n) is 5.96. The summed E-state index contributed by atoms with van der Waals surface area (Å²) in [6, 6.07) is 12.6. The van der Waals surface area contributed by atoms with Crippen LogP contribution in [0.25, 0.3) is 0 Å². The van der Waals surface area contributed by atoms with Gasteiger partial charge < -0.3 is 14.7 Å². The van der Waals surface area contributed by atoms with Crippen LogP contribution in [0, 0.1) is 5.92 Å². The molecule has 1 aliphatic carbocycles. The summed E-state index contributed by atoms with van der Waals surface area (Å²) < 4.78 is 29.9. The smallest absolute Gasteiger partial charge is 0.473 e. The first-order valence-corrected chi connectivity index (χ1v) is 18.1. The van der Waals surface area contributed by atoms with Crippen LogP contribution in [0.4, 0.5) is 0 Å². The van der Waals surface area contributed by atoms with Gasteiger partial charge in [-0.15, -0.1) is 0 Å². The number of aryl methyl sites for hydroxylation is 1. The first-order valence-electron chi connectivity index (χ1n) is 16.6. The highest BCUT2D eigenvalue weighted by molar-refractivity contribution is 7.47. The normalized spacial score (nSPS) is 18.6. The second-order valence-electron chi connectivity index (χ2n) is 12.5. The van der Waals surface area contributed by atoms with E-state index in [1.165, 1.54) is 5.57 Å². The molecule has 1 aliphatic rings. The summed E-state index contributed by atoms with van der Waals surface area (Å²) in [5.41, 5.74) is 4.30. The number of rotatable bonds is 19. The van der Waals surface area contributed by atoms with Gasteiger partial charge in [0.2, 0.25) is 0 Å². The van der Waals surface area contributed by atoms with Gasteiger partial charge >= 0.3 is 13.8 Å². The zero-order valence-electron chi connectivity index (χ0n) is 27.6. The number of allylic oxidation sites excluding steroid dienone is 3. The molecule has 0 bridgehead atoms. The van der Waals surface area contributed by atoms with Crippen LogP contribution in [0.5, 0.6) is 11.5 Å². The van der Waals surface area contributed by atoms with Crippen LogP contribution in [0.1, 0.15) is 121 Å². The molecule has 8 heteroatoms. The number of aromatic hydroxyl groups is 1. The largest absolute Gasteiger partial charge is 0.507 e. The fourth-order valence-corrected chi connectivity index (χ4v) is 6.85. The number of phosphoric ester groups is 1. The second-order valence-corrected chi connectivity index (χ2v) is 13.9. The molecule has 0 spiro atoms. The molecular weight excluding hydrogens is 587 g/mol. The van der Waals surface area contributed by atoms with Gasteiger partial charge in [-0.1, -0.05) is 113 Å². The molecule has 0 radical (unpaired) electrons. The molecule has 2 aromatic carbocycles. The molecule has 4 atom stereocenters. The van der Waals surface area contributed by atoms with Crippen molar-refractivity contribution in [2.24, 2.45) is 5.92 Å². The van der Waals surface area contributed by atoms with Crippen molar-refractivity contribution >= 4 is 13.8 Å². The first kappa shape index (κ1) is 36.8. The lowest BCUT2D eigenvalue weighted by Gasteiger charge is -2.32. The summed E-state index contributed by atoms with van der Waals surface area (Å²) in [5, 5.41) is 11.4. The summed E-state index contributed by atoms with van der Waals surface area (Å²) in [4.78, 5) is 24.5. The maximum atomic E-state index is 13.8. The van der Waals surface area contributed by atoms with Crippen LogP contribution in [-0.2, 0) is 31.4 Å². The van der Waals surface area contributed by atoms with Crippen LogP contribution in [0.3, 0.4) is 0 Å². The molecule has 0 amide bonds. The van der Waals surface area contributed by atoms with E-state index in [0.717, 1.165) is 75.3 Å². The highest BCUT2D eigenvalue weighted by atomic mass is 31.2. The highest BCUT2D eigenvalue weighted by Crippen LogP contribution is 2.49. The number of esters is 1. The number of carbonyl (C=O) groups is 1. The van der Waals surface area contributed by atoms with Crippen LogP contribution in [-0.4, -0.2) is 22.1 Å². The number of unbranched alkanes of at least 4 members (excludes halogenated alkanes) is 6. The Labute approximate surface area is 270 Å². The monoisotopic (exact) mass is 640 g/mol. The van der Waals surface area contributed by atoms with Gasteiger partial charge in [0.15, 0.2) is 6.10 Å². The van der Waals surface area contributed by atoms with E-state index in [4.69, 9.17) is 13.8 Å². The van der Waals surface area contributed by atoms with Crippen LogP contribution < -0.4 is 4.74 Å². The van der Waals surface area contributed by atoms with Crippen LogP contribution >= 0.6 is 7.82 Å². The Kier molecular flexibility index (Phi) is 15.1. The Balaban J connectivity index is 1.93. The van der Waals surface area contributed by atoms with E-state index in [1.54, 1.807) is 18.2 Å². The van der Waals surface area contributed by atoms with E-state index in [2.05, 4.69) is 33.4 Å². The molecule has 248 valence electrons. The number of phenolic OH excluding ortho intramolecular Hbond substituents is 1. The summed E-state index contributed by atoms with van der Waals surface area (Å²) in [6.45, 7) is 12.4. The minimum Gasteiger partial charge on any atom is -0.507 e. The molecule has 0 heterocycles. The van der Waals surface area contributed by atoms with Crippen molar-refractivity contribution in [3.63, 3.8) is 0 Å². The van der Waals surface area contributed by atoms with Gasteiger partial charge in [-0.05, 0) is 75.1 Å². The lowest BCUT2D eigenvalue weighted by Crippen LogP contribution is -2.29. The van der Waals surface area contributed by atoms with Crippen molar-refractivity contribution < 1.29 is 33.1 Å². The number of ether oxygens (including phenoxy) is 1. The maximum Gasteiger partial charge on any atom is 0.473 e. The van der Waals surface area contributed by atoms with E-state index < -0.39 is 19.9 Å². The molecule has 2 unspecified atom stereocenters. The Morgan fingerprint density at radius 3 is 2.40 bits per heavy atom. The SMILES string of the molecule is C=C(C)[C@@H]1CCC(C)=C[C@H]1c1c(O)cc(CCCCC)cc1OC(=O)C(CCCCCCC)OP(=O)(O)OCc1ccccc1. The molecule has 0 aliphatic heterocycles. The number of carbonyl (C=O) groups excluding carboxylic acids is 1. The third kappa shape index (κ3) is 11.9. The predicted octanol–water partition coefficient (Wildman–Crippen LogP) is 10.1. The number of phenols is 1. The van der Waals surface area contributed by atoms with Crippen molar-refractivity contribution in [2.45, 2.75) is 123 Å². The number of phosphoric acid groups is 1. The quantitative estimate of drug-likeness (QED) is 0.0518. The number of benzene rings is 2. The minimum atomic E-state index is -4.61. The molecule has 3 rings (SSSR count). The summed E-state index contributed by atoms with van der Waals surface area (Å²) in [7, 11) is -4.61. The minimum absolute atomic E-state index is 0.0673. The third-order valence-electron chi connectivity index (χ3n) is 8.50. The molecular formula is C37H53O7P. The van der Waals surface area contributed by atoms with E-state index in [1.807, 2.05) is 31.2 Å². The van der Waals surface area contributed by atoms with Gasteiger partial charge in [0, 0.05) is 11.5 Å². The molecule has 2 N–H and O–H groups in total. The maximum absolute atomic E-state index is 13.8. The molecule has 0 saturated carbocycles. The van der Waals surface area contributed by atoms with E-state index in [-0.39, 0.29) is 36.4 Å². The third-order valence-corrected chi connectivity index (χ3v) is 9.48. The average Bonchev–Trinajstić information content (AvgIpc) is 2.99. The fraction of sp³-hybridized carbons (Fsp3) is 0.541. The van der Waals surface area contributed by atoms with Gasteiger partial charge in [0.05, 0.1) is 6.61 Å². The summed E-state index contributed by atoms with van der Waals surface area (Å²) >= 11 is 0.